The third kappa shape index (κ3) is 7.25. The molecule has 0 amide bonds. The topological polar surface area (TPSA) is 17.1 Å². The van der Waals surface area contributed by atoms with Crippen molar-refractivity contribution in [2.45, 2.75) is 46.0 Å². The number of Topliss-reactive ketones (excluding diaryl/α,β-unsaturated/α-hetero) is 1. The Hall–Kier alpha value is -1.41. The van der Waals surface area contributed by atoms with Crippen LogP contribution in [-0.2, 0) is 0 Å². The van der Waals surface area contributed by atoms with Gasteiger partial charge in [-0.3, -0.25) is 4.79 Å². The lowest BCUT2D eigenvalue weighted by Gasteiger charge is -1.88. The maximum absolute atomic E-state index is 11.2. The summed E-state index contributed by atoms with van der Waals surface area (Å²) in [5, 5.41) is 0. The standard InChI is InChI=1S/C18H24OS/c1-3-4-5-6-7-8-9-10-11-12-13-17-14-15-18(20-17)16(2)19/h6-9,12-15H,3-5,10-11H2,1-2H3/b7-6+,9-8+,13-12+. The van der Waals surface area contributed by atoms with E-state index in [1.807, 2.05) is 12.1 Å². The van der Waals surface area contributed by atoms with Crippen molar-refractivity contribution < 1.29 is 4.79 Å². The average molecular weight is 288 g/mol. The maximum atomic E-state index is 11.2. The van der Waals surface area contributed by atoms with Crippen molar-refractivity contribution in [2.75, 3.05) is 0 Å². The van der Waals surface area contributed by atoms with Crippen LogP contribution >= 0.6 is 11.3 Å². The SMILES string of the molecule is CCCC/C=C/C=C/CC/C=C/c1ccc(C(C)=O)s1. The van der Waals surface area contributed by atoms with Gasteiger partial charge in [-0.15, -0.1) is 11.3 Å². The van der Waals surface area contributed by atoms with Gasteiger partial charge in [-0.05, 0) is 44.4 Å². The molecule has 1 rings (SSSR count). The van der Waals surface area contributed by atoms with Crippen LogP contribution in [0.25, 0.3) is 6.08 Å². The van der Waals surface area contributed by atoms with Gasteiger partial charge in [0, 0.05) is 4.88 Å². The van der Waals surface area contributed by atoms with E-state index in [-0.39, 0.29) is 5.78 Å². The summed E-state index contributed by atoms with van der Waals surface area (Å²) in [5.74, 6) is 0.146. The minimum atomic E-state index is 0.146. The molecule has 1 aromatic heterocycles. The Morgan fingerprint density at radius 3 is 2.45 bits per heavy atom. The van der Waals surface area contributed by atoms with Crippen molar-refractivity contribution in [2.24, 2.45) is 0 Å². The lowest BCUT2D eigenvalue weighted by Crippen LogP contribution is -1.83. The second-order valence-electron chi connectivity index (χ2n) is 4.74. The van der Waals surface area contributed by atoms with E-state index in [9.17, 15) is 4.79 Å². The minimum Gasteiger partial charge on any atom is -0.294 e. The second-order valence-corrected chi connectivity index (χ2v) is 5.85. The molecule has 1 heterocycles. The Labute approximate surface area is 126 Å². The summed E-state index contributed by atoms with van der Waals surface area (Å²) in [5.41, 5.74) is 0. The molecule has 0 spiro atoms. The Morgan fingerprint density at radius 2 is 1.80 bits per heavy atom. The van der Waals surface area contributed by atoms with Gasteiger partial charge in [-0.2, -0.15) is 0 Å². The summed E-state index contributed by atoms with van der Waals surface area (Å²) in [4.78, 5) is 13.2. The Balaban J connectivity index is 2.19. The average Bonchev–Trinajstić information content (AvgIpc) is 2.90. The van der Waals surface area contributed by atoms with E-state index >= 15 is 0 Å². The van der Waals surface area contributed by atoms with Gasteiger partial charge < -0.3 is 0 Å². The monoisotopic (exact) mass is 288 g/mol. The summed E-state index contributed by atoms with van der Waals surface area (Å²) in [7, 11) is 0. The highest BCUT2D eigenvalue weighted by molar-refractivity contribution is 7.14. The van der Waals surface area contributed by atoms with Gasteiger partial charge in [0.25, 0.3) is 0 Å². The van der Waals surface area contributed by atoms with Crippen LogP contribution in [-0.4, -0.2) is 5.78 Å². The third-order valence-electron chi connectivity index (χ3n) is 2.86. The minimum absolute atomic E-state index is 0.146. The first-order valence-corrected chi connectivity index (χ1v) is 8.14. The predicted molar refractivity (Wildman–Crippen MR) is 90.4 cm³/mol. The first-order chi connectivity index (χ1) is 9.74. The number of ketones is 1. The summed E-state index contributed by atoms with van der Waals surface area (Å²) in [6.45, 7) is 3.82. The lowest BCUT2D eigenvalue weighted by molar-refractivity contribution is 0.102. The first-order valence-electron chi connectivity index (χ1n) is 7.33. The Morgan fingerprint density at radius 1 is 1.10 bits per heavy atom. The van der Waals surface area contributed by atoms with Crippen LogP contribution < -0.4 is 0 Å². The van der Waals surface area contributed by atoms with E-state index in [2.05, 4.69) is 43.4 Å². The molecular weight excluding hydrogens is 264 g/mol. The molecule has 0 aliphatic rings. The van der Waals surface area contributed by atoms with Crippen LogP contribution in [0.15, 0.2) is 42.5 Å². The molecule has 1 aromatic rings. The fraction of sp³-hybridized carbons (Fsp3) is 0.389. The van der Waals surface area contributed by atoms with Crippen molar-refractivity contribution in [3.63, 3.8) is 0 Å². The number of thiophene rings is 1. The molecule has 0 bridgehead atoms. The van der Waals surface area contributed by atoms with E-state index < -0.39 is 0 Å². The number of carbonyl (C=O) groups is 1. The molecule has 108 valence electrons. The largest absolute Gasteiger partial charge is 0.294 e. The van der Waals surface area contributed by atoms with Crippen molar-refractivity contribution in [1.82, 2.24) is 0 Å². The predicted octanol–water partition coefficient (Wildman–Crippen LogP) is 6.05. The highest BCUT2D eigenvalue weighted by Crippen LogP contribution is 2.18. The van der Waals surface area contributed by atoms with Gasteiger partial charge in [0.1, 0.15) is 0 Å². The molecule has 0 aromatic carbocycles. The molecule has 0 N–H and O–H groups in total. The number of hydrogen-bond acceptors (Lipinski definition) is 2. The normalized spacial score (nSPS) is 12.1. The zero-order valence-electron chi connectivity index (χ0n) is 12.5. The lowest BCUT2D eigenvalue weighted by atomic mass is 10.2. The molecule has 0 radical (unpaired) electrons. The van der Waals surface area contributed by atoms with E-state index in [4.69, 9.17) is 0 Å². The third-order valence-corrected chi connectivity index (χ3v) is 4.01. The number of carbonyl (C=O) groups excluding carboxylic acids is 1. The molecule has 20 heavy (non-hydrogen) atoms. The zero-order chi connectivity index (χ0) is 14.6. The zero-order valence-corrected chi connectivity index (χ0v) is 13.3. The molecule has 0 saturated heterocycles. The molecule has 0 saturated carbocycles. The van der Waals surface area contributed by atoms with E-state index in [1.54, 1.807) is 18.3 Å². The smallest absolute Gasteiger partial charge is 0.169 e. The van der Waals surface area contributed by atoms with Gasteiger partial charge in [-0.1, -0.05) is 50.1 Å². The van der Waals surface area contributed by atoms with E-state index in [1.165, 1.54) is 19.3 Å². The number of rotatable bonds is 9. The van der Waals surface area contributed by atoms with Gasteiger partial charge in [0.15, 0.2) is 5.78 Å². The number of allylic oxidation sites excluding steroid dienone is 5. The van der Waals surface area contributed by atoms with E-state index in [0.717, 1.165) is 22.6 Å². The van der Waals surface area contributed by atoms with Crippen LogP contribution in [0.4, 0.5) is 0 Å². The quantitative estimate of drug-likeness (QED) is 0.307. The molecule has 2 heteroatoms. The van der Waals surface area contributed by atoms with E-state index in [0.29, 0.717) is 0 Å². The fourth-order valence-electron chi connectivity index (χ4n) is 1.70. The molecular formula is C18H24OS. The summed E-state index contributed by atoms with van der Waals surface area (Å²) >= 11 is 1.55. The molecule has 0 aliphatic heterocycles. The van der Waals surface area contributed by atoms with Crippen LogP contribution in [0.1, 0.15) is 60.5 Å². The fourth-order valence-corrected chi connectivity index (χ4v) is 2.53. The van der Waals surface area contributed by atoms with Gasteiger partial charge in [0.05, 0.1) is 4.88 Å². The van der Waals surface area contributed by atoms with Gasteiger partial charge >= 0.3 is 0 Å². The van der Waals surface area contributed by atoms with Crippen LogP contribution in [0.2, 0.25) is 0 Å². The maximum Gasteiger partial charge on any atom is 0.169 e. The van der Waals surface area contributed by atoms with Crippen molar-refractivity contribution in [1.29, 1.82) is 0 Å². The van der Waals surface area contributed by atoms with Crippen molar-refractivity contribution in [3.8, 4) is 0 Å². The molecule has 0 aliphatic carbocycles. The molecule has 0 fully saturated rings. The summed E-state index contributed by atoms with van der Waals surface area (Å²) in [6, 6.07) is 3.90. The number of hydrogen-bond donors (Lipinski definition) is 0. The summed E-state index contributed by atoms with van der Waals surface area (Å²) < 4.78 is 0. The van der Waals surface area contributed by atoms with Gasteiger partial charge in [0.2, 0.25) is 0 Å². The highest BCUT2D eigenvalue weighted by atomic mass is 32.1. The van der Waals surface area contributed by atoms with Crippen molar-refractivity contribution >= 4 is 23.2 Å². The van der Waals surface area contributed by atoms with Crippen LogP contribution in [0.3, 0.4) is 0 Å². The van der Waals surface area contributed by atoms with Crippen LogP contribution in [0, 0.1) is 0 Å². The Bertz CT molecular complexity index is 477. The number of unbranched alkanes of at least 4 members (excludes halogenated alkanes) is 3. The molecule has 0 unspecified atom stereocenters. The van der Waals surface area contributed by atoms with Crippen molar-refractivity contribution in [3.05, 3.63) is 52.3 Å². The summed E-state index contributed by atoms with van der Waals surface area (Å²) in [6.07, 6.45) is 18.8. The van der Waals surface area contributed by atoms with Crippen LogP contribution in [0.5, 0.6) is 0 Å². The highest BCUT2D eigenvalue weighted by Gasteiger charge is 2.01. The van der Waals surface area contributed by atoms with Gasteiger partial charge in [-0.25, -0.2) is 0 Å². The second kappa shape index (κ2) is 10.4. The first kappa shape index (κ1) is 16.6. The molecule has 1 nitrogen and oxygen atoms in total. The Kier molecular flexibility index (Phi) is 8.64. The molecule has 0 atom stereocenters.